The number of methoxy groups -OCH3 is 2. The van der Waals surface area contributed by atoms with E-state index in [2.05, 4.69) is 0 Å². The number of ether oxygens (including phenoxy) is 4. The van der Waals surface area contributed by atoms with Gasteiger partial charge in [-0.1, -0.05) is 56.2 Å². The quantitative estimate of drug-likeness (QED) is 0.255. The molecule has 10 atom stereocenters. The molecule has 0 bridgehead atoms. The maximum atomic E-state index is 13.7. The van der Waals surface area contributed by atoms with Crippen molar-refractivity contribution in [3.63, 3.8) is 0 Å². The molecule has 0 aromatic carbocycles. The molecule has 43 heavy (non-hydrogen) atoms. The monoisotopic (exact) mass is 624 g/mol. The smallest absolute Gasteiger partial charge is 0.415 e. The molecule has 0 amide bonds. The van der Waals surface area contributed by atoms with Crippen LogP contribution in [0.1, 0.15) is 60.3 Å². The van der Waals surface area contributed by atoms with Crippen molar-refractivity contribution in [1.29, 1.82) is 0 Å². The van der Waals surface area contributed by atoms with Gasteiger partial charge in [0.1, 0.15) is 12.2 Å². The maximum absolute atomic E-state index is 13.7. The van der Waals surface area contributed by atoms with Gasteiger partial charge in [-0.05, 0) is 39.2 Å². The van der Waals surface area contributed by atoms with Crippen molar-refractivity contribution in [2.75, 3.05) is 14.2 Å². The van der Waals surface area contributed by atoms with Gasteiger partial charge in [0.15, 0.2) is 11.9 Å². The van der Waals surface area contributed by atoms with Crippen LogP contribution >= 0.6 is 0 Å². The number of esters is 1. The minimum atomic E-state index is -4.87. The largest absolute Gasteiger partial charge is 0.490 e. The van der Waals surface area contributed by atoms with Crippen molar-refractivity contribution >= 4 is 5.97 Å². The first-order valence-corrected chi connectivity index (χ1v) is 14.5. The molecular formula is C31H47F3O9. The SMILES string of the molecule is COC1/C=C/C=C(\C)CC[C@H](O)C/C=C(C)/C=[13C](/OC)[13C](=O)O[C@@H]1[C@H](C)[13C@@H](O)[13C@@H](C)[C@@]1(O)C[C@@H](O)[C@H](C)[C@@H](C(F)(F)F)O1. The number of cyclic esters (lactones) is 1. The number of halogens is 3. The zero-order chi connectivity index (χ0) is 32.7. The molecule has 1 saturated heterocycles. The average molecular weight is 625 g/mol. The van der Waals surface area contributed by atoms with Gasteiger partial charge in [-0.25, -0.2) is 4.79 Å². The summed E-state index contributed by atoms with van der Waals surface area (Å²) in [4.78, 5) is 13.3. The molecule has 2 rings (SSSR count). The van der Waals surface area contributed by atoms with Crippen molar-refractivity contribution in [3.8, 4) is 0 Å². The van der Waals surface area contributed by atoms with Crippen LogP contribution in [-0.4, -0.2) is 89.2 Å². The fourth-order valence-corrected chi connectivity index (χ4v) is 5.33. The number of alkyl halides is 3. The second-order valence-corrected chi connectivity index (χ2v) is 11.8. The molecule has 2 heterocycles. The highest BCUT2D eigenvalue weighted by Crippen LogP contribution is 2.44. The van der Waals surface area contributed by atoms with Gasteiger partial charge in [-0.2, -0.15) is 13.2 Å². The van der Waals surface area contributed by atoms with E-state index in [9.17, 15) is 38.4 Å². The molecule has 0 spiro atoms. The van der Waals surface area contributed by atoms with Crippen molar-refractivity contribution in [1.82, 2.24) is 0 Å². The van der Waals surface area contributed by atoms with E-state index in [1.165, 1.54) is 41.1 Å². The van der Waals surface area contributed by atoms with E-state index in [0.717, 1.165) is 5.57 Å². The third-order valence-corrected chi connectivity index (χ3v) is 8.40. The molecule has 0 radical (unpaired) electrons. The molecule has 0 saturated carbocycles. The second-order valence-electron chi connectivity index (χ2n) is 11.8. The molecule has 9 nitrogen and oxygen atoms in total. The summed E-state index contributed by atoms with van der Waals surface area (Å²) < 4.78 is 62.9. The summed E-state index contributed by atoms with van der Waals surface area (Å²) >= 11 is 0. The molecule has 246 valence electrons. The topological polar surface area (TPSA) is 135 Å². The summed E-state index contributed by atoms with van der Waals surface area (Å²) in [5.41, 5.74) is 1.61. The first-order chi connectivity index (χ1) is 19.9. The van der Waals surface area contributed by atoms with Gasteiger partial charge in [-0.15, -0.1) is 0 Å². The number of allylic oxidation sites excluding steroid dienone is 5. The number of aliphatic hydroxyl groups excluding tert-OH is 3. The minimum absolute atomic E-state index is 0.163. The van der Waals surface area contributed by atoms with Crippen LogP contribution in [0.15, 0.2) is 47.3 Å². The Labute approximate surface area is 251 Å². The minimum Gasteiger partial charge on any atom is -0.490 e. The zero-order valence-corrected chi connectivity index (χ0v) is 25.9. The lowest BCUT2D eigenvalue weighted by atomic mass is 9.89. The Kier molecular flexibility index (Phi) is 13.5. The van der Waals surface area contributed by atoms with E-state index >= 15 is 0 Å². The summed E-state index contributed by atoms with van der Waals surface area (Å²) in [5, 5.41) is 43.3. The van der Waals surface area contributed by atoms with Gasteiger partial charge >= 0.3 is 12.1 Å². The van der Waals surface area contributed by atoms with Gasteiger partial charge in [0.2, 0.25) is 5.76 Å². The summed E-state index contributed by atoms with van der Waals surface area (Å²) in [6.07, 6.45) is -3.91. The Hall–Kier alpha value is -2.22. The molecule has 12 heteroatoms. The van der Waals surface area contributed by atoms with Crippen molar-refractivity contribution in [3.05, 3.63) is 47.3 Å². The molecule has 2 aliphatic heterocycles. The summed E-state index contributed by atoms with van der Waals surface area (Å²) in [6.45, 7) is 7.62. The lowest BCUT2D eigenvalue weighted by Gasteiger charge is -2.48. The van der Waals surface area contributed by atoms with Crippen LogP contribution in [0.4, 0.5) is 13.2 Å². The van der Waals surface area contributed by atoms with Crippen LogP contribution in [0.2, 0.25) is 0 Å². The molecule has 0 aliphatic carbocycles. The highest BCUT2D eigenvalue weighted by Gasteiger charge is 2.58. The first kappa shape index (κ1) is 37.0. The van der Waals surface area contributed by atoms with Crippen LogP contribution in [0, 0.1) is 17.8 Å². The van der Waals surface area contributed by atoms with Crippen LogP contribution in [0.25, 0.3) is 0 Å². The number of rotatable bonds is 6. The van der Waals surface area contributed by atoms with E-state index in [-0.39, 0.29) is 5.76 Å². The van der Waals surface area contributed by atoms with Gasteiger partial charge in [0, 0.05) is 31.3 Å². The number of hydrogen-bond donors (Lipinski definition) is 4. The van der Waals surface area contributed by atoms with E-state index in [4.69, 9.17) is 18.9 Å². The summed E-state index contributed by atoms with van der Waals surface area (Å²) in [7, 11) is 2.65. The zero-order valence-electron chi connectivity index (χ0n) is 25.9. The summed E-state index contributed by atoms with van der Waals surface area (Å²) in [5.74, 6) is -7.30. The van der Waals surface area contributed by atoms with Crippen LogP contribution in [0.5, 0.6) is 0 Å². The Morgan fingerprint density at radius 3 is 2.40 bits per heavy atom. The van der Waals surface area contributed by atoms with Crippen LogP contribution < -0.4 is 0 Å². The molecule has 1 unspecified atom stereocenters. The molecule has 4 N–H and O–H groups in total. The number of aliphatic hydroxyl groups is 4. The van der Waals surface area contributed by atoms with Gasteiger partial charge in [0.05, 0.1) is 25.4 Å². The van der Waals surface area contributed by atoms with Gasteiger partial charge < -0.3 is 39.4 Å². The van der Waals surface area contributed by atoms with E-state index in [1.807, 2.05) is 13.0 Å². The lowest BCUT2D eigenvalue weighted by molar-refractivity contribution is -0.372. The Morgan fingerprint density at radius 1 is 1.16 bits per heavy atom. The van der Waals surface area contributed by atoms with Gasteiger partial charge in [-0.3, -0.25) is 0 Å². The predicted octanol–water partition coefficient (Wildman–Crippen LogP) is 4.11. The number of carbonyl (C=O) groups excluding carboxylic acids is 1. The van der Waals surface area contributed by atoms with Crippen molar-refractivity contribution < 1.29 is 57.3 Å². The summed E-state index contributed by atoms with van der Waals surface area (Å²) in [6, 6.07) is 0. The normalized spacial score (nSPS) is 38.7. The molecule has 2 aliphatic rings. The van der Waals surface area contributed by atoms with E-state index < -0.39 is 78.7 Å². The standard InChI is InChI=1S/C31H47F3O9/c1-17-9-8-10-24(40-6)27(42-29(38)25(41-7)15-18(2)12-14-22(35)13-11-17)20(4)26(37)21(5)30(39)16-23(36)19(3)28(43-30)31(32,33)34/h8-10,12,15,19-24,26-28,35-37,39H,11,13-14,16H2,1-7H3/b10-8+,17-9+,18-12+,25-15+/t19-,20+,21+,22-,23+,24?,26+,27+,28-,30+/m0/s1/i21+1,25+1,26+1,29+1. The number of carbonyl (C=O) groups is 1. The third kappa shape index (κ3) is 9.89. The van der Waals surface area contributed by atoms with Crippen LogP contribution in [0.3, 0.4) is 0 Å². The maximum Gasteiger partial charge on any atom is 0.415 e. The van der Waals surface area contributed by atoms with E-state index in [0.29, 0.717) is 24.8 Å². The highest BCUT2D eigenvalue weighted by molar-refractivity contribution is 5.87. The number of hydrogen-bond acceptors (Lipinski definition) is 9. The first-order valence-electron chi connectivity index (χ1n) is 14.5. The van der Waals surface area contributed by atoms with E-state index in [1.54, 1.807) is 25.2 Å². The Bertz CT molecular complexity index is 1050. The third-order valence-electron chi connectivity index (χ3n) is 8.40. The fourth-order valence-electron chi connectivity index (χ4n) is 5.33. The Morgan fingerprint density at radius 2 is 1.81 bits per heavy atom. The highest BCUT2D eigenvalue weighted by atomic mass is 19.4. The molecular weight excluding hydrogens is 577 g/mol. The lowest BCUT2D eigenvalue weighted by Crippen LogP contribution is -2.61. The van der Waals surface area contributed by atoms with Crippen LogP contribution in [-0.2, 0) is 23.7 Å². The van der Waals surface area contributed by atoms with Crippen molar-refractivity contribution in [2.45, 2.75) is 109 Å². The second kappa shape index (κ2) is 15.7. The average Bonchev–Trinajstić information content (AvgIpc) is 2.94. The Balaban J connectivity index is 2.48. The fraction of sp³-hybridized carbons (Fsp3) is 0.710. The molecule has 0 aromatic heterocycles. The molecule has 1 fully saturated rings. The van der Waals surface area contributed by atoms with Crippen molar-refractivity contribution in [2.24, 2.45) is 17.8 Å². The predicted molar refractivity (Wildman–Crippen MR) is 152 cm³/mol. The van der Waals surface area contributed by atoms with Gasteiger partial charge in [0.25, 0.3) is 0 Å². The molecule has 0 aromatic rings.